The summed E-state index contributed by atoms with van der Waals surface area (Å²) in [5.74, 6) is 0.943. The van der Waals surface area contributed by atoms with Crippen molar-refractivity contribution in [1.29, 1.82) is 0 Å². The van der Waals surface area contributed by atoms with Crippen LogP contribution in [0, 0.1) is 0 Å². The van der Waals surface area contributed by atoms with Crippen molar-refractivity contribution in [3.05, 3.63) is 40.4 Å². The minimum Gasteiger partial charge on any atom is -0.309 e. The average Bonchev–Trinajstić information content (AvgIpc) is 2.71. The number of fused-ring (bicyclic) bond motifs is 4. The number of benzene rings is 1. The fourth-order valence-electron chi connectivity index (χ4n) is 3.21. The van der Waals surface area contributed by atoms with Gasteiger partial charge in [-0.3, -0.25) is 9.36 Å². The first kappa shape index (κ1) is 10.3. The standard InChI is InChI=1S/C14H15N3O/c18-14-11-3-1-2-4-12(11)16-13-7-9-5-6-10(15-9)8-17(13)14/h1-4,9-10,15H,5-8H2. The van der Waals surface area contributed by atoms with Crippen molar-refractivity contribution in [3.63, 3.8) is 0 Å². The van der Waals surface area contributed by atoms with Gasteiger partial charge in [-0.25, -0.2) is 4.98 Å². The third-order valence-corrected chi connectivity index (χ3v) is 4.11. The molecule has 92 valence electrons. The Labute approximate surface area is 105 Å². The maximum atomic E-state index is 12.5. The van der Waals surface area contributed by atoms with E-state index >= 15 is 0 Å². The summed E-state index contributed by atoms with van der Waals surface area (Å²) < 4.78 is 1.87. The van der Waals surface area contributed by atoms with Crippen molar-refractivity contribution in [3.8, 4) is 0 Å². The minimum absolute atomic E-state index is 0.116. The van der Waals surface area contributed by atoms with Crippen molar-refractivity contribution in [1.82, 2.24) is 14.9 Å². The number of aromatic nitrogens is 2. The molecule has 1 aromatic heterocycles. The van der Waals surface area contributed by atoms with Gasteiger partial charge in [-0.05, 0) is 25.0 Å². The molecule has 18 heavy (non-hydrogen) atoms. The van der Waals surface area contributed by atoms with E-state index in [1.165, 1.54) is 12.8 Å². The molecule has 0 saturated carbocycles. The molecule has 1 saturated heterocycles. The lowest BCUT2D eigenvalue weighted by Gasteiger charge is -2.14. The van der Waals surface area contributed by atoms with Gasteiger partial charge in [0, 0.05) is 25.0 Å². The third kappa shape index (κ3) is 1.42. The molecule has 4 heteroatoms. The van der Waals surface area contributed by atoms with Crippen LogP contribution >= 0.6 is 0 Å². The summed E-state index contributed by atoms with van der Waals surface area (Å²) >= 11 is 0. The molecule has 1 aromatic carbocycles. The first-order valence-corrected chi connectivity index (χ1v) is 6.56. The van der Waals surface area contributed by atoms with Gasteiger partial charge in [-0.2, -0.15) is 0 Å². The quantitative estimate of drug-likeness (QED) is 0.750. The van der Waals surface area contributed by atoms with Gasteiger partial charge in [0.15, 0.2) is 0 Å². The summed E-state index contributed by atoms with van der Waals surface area (Å²) in [7, 11) is 0. The fraction of sp³-hybridized carbons (Fsp3) is 0.429. The van der Waals surface area contributed by atoms with E-state index in [1.807, 2.05) is 28.8 Å². The number of para-hydroxylation sites is 1. The molecular formula is C14H15N3O. The van der Waals surface area contributed by atoms with Crippen LogP contribution in [0.1, 0.15) is 18.7 Å². The summed E-state index contributed by atoms with van der Waals surface area (Å²) in [4.78, 5) is 17.2. The highest BCUT2D eigenvalue weighted by Gasteiger charge is 2.30. The van der Waals surface area contributed by atoms with E-state index in [0.717, 1.165) is 29.7 Å². The largest absolute Gasteiger partial charge is 0.309 e. The van der Waals surface area contributed by atoms with E-state index in [4.69, 9.17) is 0 Å². The van der Waals surface area contributed by atoms with Gasteiger partial charge in [0.2, 0.25) is 0 Å². The van der Waals surface area contributed by atoms with Crippen LogP contribution in [-0.2, 0) is 13.0 Å². The van der Waals surface area contributed by atoms with Crippen LogP contribution in [0.25, 0.3) is 10.9 Å². The zero-order chi connectivity index (χ0) is 12.1. The second-order valence-corrected chi connectivity index (χ2v) is 5.30. The Morgan fingerprint density at radius 2 is 2.06 bits per heavy atom. The molecule has 0 aliphatic carbocycles. The van der Waals surface area contributed by atoms with E-state index in [0.29, 0.717) is 12.1 Å². The first-order chi connectivity index (χ1) is 8.81. The molecule has 1 fully saturated rings. The second-order valence-electron chi connectivity index (χ2n) is 5.30. The predicted molar refractivity (Wildman–Crippen MR) is 69.7 cm³/mol. The Bertz CT molecular complexity index is 676. The van der Waals surface area contributed by atoms with E-state index in [2.05, 4.69) is 10.3 Å². The normalized spacial score (nSPS) is 26.0. The highest BCUT2D eigenvalue weighted by atomic mass is 16.1. The molecule has 3 heterocycles. The molecule has 1 N–H and O–H groups in total. The third-order valence-electron chi connectivity index (χ3n) is 4.11. The molecule has 2 unspecified atom stereocenters. The number of nitrogens with zero attached hydrogens (tertiary/aromatic N) is 2. The van der Waals surface area contributed by atoms with Crippen LogP contribution in [0.4, 0.5) is 0 Å². The van der Waals surface area contributed by atoms with Crippen LogP contribution in [-0.4, -0.2) is 21.6 Å². The maximum Gasteiger partial charge on any atom is 0.261 e. The van der Waals surface area contributed by atoms with Crippen molar-refractivity contribution >= 4 is 10.9 Å². The zero-order valence-electron chi connectivity index (χ0n) is 10.1. The number of rotatable bonds is 0. The van der Waals surface area contributed by atoms with Crippen LogP contribution in [0.5, 0.6) is 0 Å². The number of nitrogens with one attached hydrogen (secondary N) is 1. The van der Waals surface area contributed by atoms with Crippen LogP contribution in [0.2, 0.25) is 0 Å². The van der Waals surface area contributed by atoms with Gasteiger partial charge in [0.25, 0.3) is 5.56 Å². The minimum atomic E-state index is 0.116. The first-order valence-electron chi connectivity index (χ1n) is 6.56. The highest BCUT2D eigenvalue weighted by molar-refractivity contribution is 5.77. The van der Waals surface area contributed by atoms with Crippen molar-refractivity contribution in [2.45, 2.75) is 37.9 Å². The molecule has 2 atom stereocenters. The van der Waals surface area contributed by atoms with Gasteiger partial charge in [-0.15, -0.1) is 0 Å². The lowest BCUT2D eigenvalue weighted by molar-refractivity contribution is 0.499. The predicted octanol–water partition coefficient (Wildman–Crippen LogP) is 1.07. The molecule has 2 aromatic rings. The smallest absolute Gasteiger partial charge is 0.261 e. The van der Waals surface area contributed by atoms with Crippen molar-refractivity contribution < 1.29 is 0 Å². The van der Waals surface area contributed by atoms with Gasteiger partial charge >= 0.3 is 0 Å². The Balaban J connectivity index is 1.99. The monoisotopic (exact) mass is 241 g/mol. The van der Waals surface area contributed by atoms with Gasteiger partial charge in [0.1, 0.15) is 5.82 Å². The topological polar surface area (TPSA) is 46.9 Å². The summed E-state index contributed by atoms with van der Waals surface area (Å²) in [6.07, 6.45) is 3.24. The fourth-order valence-corrected chi connectivity index (χ4v) is 3.21. The van der Waals surface area contributed by atoms with Gasteiger partial charge in [-0.1, -0.05) is 12.1 Å². The zero-order valence-corrected chi connectivity index (χ0v) is 10.1. The molecule has 0 radical (unpaired) electrons. The van der Waals surface area contributed by atoms with Crippen molar-refractivity contribution in [2.24, 2.45) is 0 Å². The molecular weight excluding hydrogens is 226 g/mol. The van der Waals surface area contributed by atoms with Gasteiger partial charge < -0.3 is 5.32 Å². The molecule has 2 bridgehead atoms. The van der Waals surface area contributed by atoms with E-state index in [-0.39, 0.29) is 5.56 Å². The van der Waals surface area contributed by atoms with Crippen molar-refractivity contribution in [2.75, 3.05) is 0 Å². The number of hydrogen-bond acceptors (Lipinski definition) is 3. The summed E-state index contributed by atoms with van der Waals surface area (Å²) in [5, 5.41) is 4.32. The summed E-state index contributed by atoms with van der Waals surface area (Å²) in [5.41, 5.74) is 0.941. The lowest BCUT2D eigenvalue weighted by Crippen LogP contribution is -2.32. The summed E-state index contributed by atoms with van der Waals surface area (Å²) in [6, 6.07) is 8.57. The molecule has 2 aliphatic rings. The van der Waals surface area contributed by atoms with Crippen LogP contribution in [0.3, 0.4) is 0 Å². The van der Waals surface area contributed by atoms with E-state index in [9.17, 15) is 4.79 Å². The molecule has 4 rings (SSSR count). The average molecular weight is 241 g/mol. The summed E-state index contributed by atoms with van der Waals surface area (Å²) in [6.45, 7) is 0.766. The maximum absolute atomic E-state index is 12.5. The van der Waals surface area contributed by atoms with E-state index < -0.39 is 0 Å². The van der Waals surface area contributed by atoms with E-state index in [1.54, 1.807) is 0 Å². The van der Waals surface area contributed by atoms with Gasteiger partial charge in [0.05, 0.1) is 10.9 Å². The SMILES string of the molecule is O=c1c2ccccc2nc2n1CC1CCC(C2)N1. The highest BCUT2D eigenvalue weighted by Crippen LogP contribution is 2.21. The second kappa shape index (κ2) is 3.65. The Hall–Kier alpha value is -1.68. The van der Waals surface area contributed by atoms with Crippen LogP contribution in [0.15, 0.2) is 29.1 Å². The number of hydrogen-bond donors (Lipinski definition) is 1. The molecule has 0 spiro atoms. The Kier molecular flexibility index (Phi) is 2.08. The Morgan fingerprint density at radius 3 is 3.00 bits per heavy atom. The molecule has 2 aliphatic heterocycles. The van der Waals surface area contributed by atoms with Crippen LogP contribution < -0.4 is 10.9 Å². The molecule has 4 nitrogen and oxygen atoms in total. The Morgan fingerprint density at radius 1 is 1.22 bits per heavy atom. The lowest BCUT2D eigenvalue weighted by atomic mass is 10.1. The molecule has 0 amide bonds.